The predicted octanol–water partition coefficient (Wildman–Crippen LogP) is 0.532. The third kappa shape index (κ3) is 3.58. The molecule has 2 rings (SSSR count). The van der Waals surface area contributed by atoms with Crippen LogP contribution in [-0.2, 0) is 11.3 Å². The maximum Gasteiger partial charge on any atom is 0.221 e. The molecule has 2 heterocycles. The Hall–Kier alpha value is -1.33. The minimum Gasteiger partial charge on any atom is -0.472 e. The van der Waals surface area contributed by atoms with Gasteiger partial charge in [-0.05, 0) is 20.2 Å². The van der Waals surface area contributed by atoms with Gasteiger partial charge in [-0.2, -0.15) is 0 Å². The molecule has 0 aromatic carbocycles. The Morgan fingerprint density at radius 3 is 3.06 bits per heavy atom. The van der Waals surface area contributed by atoms with Crippen molar-refractivity contribution >= 4 is 5.91 Å². The van der Waals surface area contributed by atoms with Gasteiger partial charge in [0.15, 0.2) is 0 Å². The van der Waals surface area contributed by atoms with Crippen molar-refractivity contribution in [2.75, 3.05) is 33.7 Å². The zero-order chi connectivity index (χ0) is 13.0. The van der Waals surface area contributed by atoms with E-state index in [-0.39, 0.29) is 5.91 Å². The molecule has 0 spiro atoms. The maximum atomic E-state index is 11.9. The van der Waals surface area contributed by atoms with Crippen LogP contribution in [0, 0.1) is 0 Å². The minimum absolute atomic E-state index is 0.100. The van der Waals surface area contributed by atoms with Gasteiger partial charge in [0.2, 0.25) is 5.91 Å². The first kappa shape index (κ1) is 13.1. The molecule has 1 N–H and O–H groups in total. The molecule has 5 heteroatoms. The monoisotopic (exact) mass is 251 g/mol. The second kappa shape index (κ2) is 6.02. The summed E-state index contributed by atoms with van der Waals surface area (Å²) in [6.45, 7) is 3.59. The fourth-order valence-electron chi connectivity index (χ4n) is 2.20. The highest BCUT2D eigenvalue weighted by molar-refractivity contribution is 5.76. The first-order chi connectivity index (χ1) is 8.65. The van der Waals surface area contributed by atoms with Crippen molar-refractivity contribution in [3.63, 3.8) is 0 Å². The first-order valence-corrected chi connectivity index (χ1v) is 6.31. The summed E-state index contributed by atoms with van der Waals surface area (Å²) >= 11 is 0. The molecule has 18 heavy (non-hydrogen) atoms. The number of amides is 1. The highest BCUT2D eigenvalue weighted by Gasteiger charge is 2.24. The van der Waals surface area contributed by atoms with E-state index in [0.717, 1.165) is 25.2 Å². The fraction of sp³-hybridized carbons (Fsp3) is 0.615. The van der Waals surface area contributed by atoms with E-state index in [1.54, 1.807) is 12.5 Å². The Balaban J connectivity index is 1.76. The van der Waals surface area contributed by atoms with Crippen LogP contribution in [0.1, 0.15) is 12.0 Å². The summed E-state index contributed by atoms with van der Waals surface area (Å²) in [5.74, 6) is 0.100. The molecule has 0 bridgehead atoms. The van der Waals surface area contributed by atoms with Crippen LogP contribution in [0.3, 0.4) is 0 Å². The normalized spacial score (nSPS) is 22.0. The van der Waals surface area contributed by atoms with Crippen LogP contribution in [0.4, 0.5) is 0 Å². The van der Waals surface area contributed by atoms with Crippen molar-refractivity contribution in [3.8, 4) is 0 Å². The predicted molar refractivity (Wildman–Crippen MR) is 69.1 cm³/mol. The number of hydrogen-bond acceptors (Lipinski definition) is 4. The molecule has 1 fully saturated rings. The lowest BCUT2D eigenvalue weighted by molar-refractivity contribution is -0.122. The largest absolute Gasteiger partial charge is 0.472 e. The van der Waals surface area contributed by atoms with Crippen LogP contribution < -0.4 is 5.32 Å². The smallest absolute Gasteiger partial charge is 0.221 e. The molecule has 0 saturated carbocycles. The van der Waals surface area contributed by atoms with Gasteiger partial charge in [-0.25, -0.2) is 0 Å². The second-order valence-corrected chi connectivity index (χ2v) is 5.01. The molecule has 1 amide bonds. The summed E-state index contributed by atoms with van der Waals surface area (Å²) in [4.78, 5) is 16.4. The molecule has 1 aromatic rings. The van der Waals surface area contributed by atoms with Gasteiger partial charge in [0.05, 0.1) is 12.5 Å². The van der Waals surface area contributed by atoms with E-state index in [1.165, 1.54) is 0 Å². The number of nitrogens with one attached hydrogen (secondary N) is 1. The molecule has 0 radical (unpaired) electrons. The topological polar surface area (TPSA) is 48.7 Å². The zero-order valence-electron chi connectivity index (χ0n) is 11.1. The molecular formula is C13H21N3O2. The number of hydrogen-bond donors (Lipinski definition) is 1. The standard InChI is InChI=1S/C13H21N3O2/c1-15-4-5-16(2)12(9-15)7-13(17)14-8-11-3-6-18-10-11/h3,6,10,12H,4-5,7-9H2,1-2H3,(H,14,17)/t12-/m0/s1. The van der Waals surface area contributed by atoms with Crippen molar-refractivity contribution < 1.29 is 9.21 Å². The van der Waals surface area contributed by atoms with Crippen LogP contribution in [0.15, 0.2) is 23.0 Å². The van der Waals surface area contributed by atoms with Gasteiger partial charge in [-0.15, -0.1) is 0 Å². The van der Waals surface area contributed by atoms with Gasteiger partial charge in [0.1, 0.15) is 0 Å². The summed E-state index contributed by atoms with van der Waals surface area (Å²) in [6.07, 6.45) is 3.82. The van der Waals surface area contributed by atoms with Gasteiger partial charge in [-0.1, -0.05) is 0 Å². The molecule has 1 saturated heterocycles. The van der Waals surface area contributed by atoms with E-state index in [2.05, 4.69) is 29.2 Å². The number of likely N-dealkylation sites (N-methyl/N-ethyl adjacent to an activating group) is 2. The van der Waals surface area contributed by atoms with E-state index < -0.39 is 0 Å². The average Bonchev–Trinajstić information content (AvgIpc) is 2.84. The van der Waals surface area contributed by atoms with E-state index >= 15 is 0 Å². The van der Waals surface area contributed by atoms with Crippen LogP contribution in [-0.4, -0.2) is 55.5 Å². The van der Waals surface area contributed by atoms with Crippen molar-refractivity contribution in [1.82, 2.24) is 15.1 Å². The van der Waals surface area contributed by atoms with Gasteiger partial charge >= 0.3 is 0 Å². The quantitative estimate of drug-likeness (QED) is 0.848. The Bertz CT molecular complexity index is 378. The van der Waals surface area contributed by atoms with Gasteiger partial charge in [0.25, 0.3) is 0 Å². The summed E-state index contributed by atoms with van der Waals surface area (Å²) < 4.78 is 4.96. The SMILES string of the molecule is CN1CCN(C)[C@@H](CC(=O)NCc2ccoc2)C1. The molecule has 0 unspecified atom stereocenters. The third-order valence-corrected chi connectivity index (χ3v) is 3.47. The summed E-state index contributed by atoms with van der Waals surface area (Å²) in [7, 11) is 4.18. The molecule has 1 aliphatic heterocycles. The number of piperazine rings is 1. The summed E-state index contributed by atoms with van der Waals surface area (Å²) in [6, 6.07) is 2.17. The number of carbonyl (C=O) groups is 1. The number of furan rings is 1. The molecule has 0 aliphatic carbocycles. The van der Waals surface area contributed by atoms with E-state index in [1.807, 2.05) is 6.07 Å². The van der Waals surface area contributed by atoms with E-state index in [9.17, 15) is 4.79 Å². The van der Waals surface area contributed by atoms with E-state index in [4.69, 9.17) is 4.42 Å². The highest BCUT2D eigenvalue weighted by atomic mass is 16.3. The lowest BCUT2D eigenvalue weighted by Crippen LogP contribution is -2.51. The molecule has 5 nitrogen and oxygen atoms in total. The molecule has 1 aliphatic rings. The average molecular weight is 251 g/mol. The number of carbonyl (C=O) groups excluding carboxylic acids is 1. The lowest BCUT2D eigenvalue weighted by Gasteiger charge is -2.37. The van der Waals surface area contributed by atoms with Gasteiger partial charge in [0, 0.05) is 44.2 Å². The fourth-order valence-corrected chi connectivity index (χ4v) is 2.20. The van der Waals surface area contributed by atoms with Crippen molar-refractivity contribution in [2.24, 2.45) is 0 Å². The van der Waals surface area contributed by atoms with Crippen molar-refractivity contribution in [1.29, 1.82) is 0 Å². The number of nitrogens with zero attached hydrogens (tertiary/aromatic N) is 2. The Kier molecular flexibility index (Phi) is 4.38. The summed E-state index contributed by atoms with van der Waals surface area (Å²) in [5.41, 5.74) is 0.998. The highest BCUT2D eigenvalue weighted by Crippen LogP contribution is 2.09. The van der Waals surface area contributed by atoms with Crippen LogP contribution >= 0.6 is 0 Å². The van der Waals surface area contributed by atoms with Crippen molar-refractivity contribution in [3.05, 3.63) is 24.2 Å². The maximum absolute atomic E-state index is 11.9. The molecular weight excluding hydrogens is 230 g/mol. The van der Waals surface area contributed by atoms with Crippen molar-refractivity contribution in [2.45, 2.75) is 19.0 Å². The van der Waals surface area contributed by atoms with Crippen LogP contribution in [0.25, 0.3) is 0 Å². The second-order valence-electron chi connectivity index (χ2n) is 5.01. The zero-order valence-corrected chi connectivity index (χ0v) is 11.1. The third-order valence-electron chi connectivity index (χ3n) is 3.47. The molecule has 100 valence electrons. The van der Waals surface area contributed by atoms with Gasteiger partial charge in [-0.3, -0.25) is 4.79 Å². The van der Waals surface area contributed by atoms with Gasteiger partial charge < -0.3 is 19.5 Å². The Morgan fingerprint density at radius 1 is 1.50 bits per heavy atom. The number of rotatable bonds is 4. The summed E-state index contributed by atoms with van der Waals surface area (Å²) in [5, 5.41) is 2.92. The molecule has 1 aromatic heterocycles. The Morgan fingerprint density at radius 2 is 2.33 bits per heavy atom. The van der Waals surface area contributed by atoms with E-state index in [0.29, 0.717) is 19.0 Å². The Labute approximate surface area is 108 Å². The minimum atomic E-state index is 0.100. The first-order valence-electron chi connectivity index (χ1n) is 6.31. The van der Waals surface area contributed by atoms with Crippen LogP contribution in [0.5, 0.6) is 0 Å². The molecule has 1 atom stereocenters. The van der Waals surface area contributed by atoms with Crippen LogP contribution in [0.2, 0.25) is 0 Å². The lowest BCUT2D eigenvalue weighted by atomic mass is 10.1.